The third-order valence-electron chi connectivity index (χ3n) is 5.66. The lowest BCUT2D eigenvalue weighted by atomic mass is 9.96. The number of aliphatic hydroxyl groups excluding tert-OH is 2. The second-order valence-corrected chi connectivity index (χ2v) is 9.65. The monoisotopic (exact) mass is 534 g/mol. The van der Waals surface area contributed by atoms with Gasteiger partial charge in [-0.15, -0.1) is 0 Å². The molecule has 0 saturated carbocycles. The number of ether oxygens (including phenoxy) is 6. The SMILES string of the molecule is Cc1cc(-c2cc(C)c(OCCOCCOCC(C)O)c(C)c2)cc(C)c1OCCOCCOCC(C)O. The molecule has 2 aromatic carbocycles. The van der Waals surface area contributed by atoms with E-state index in [1.54, 1.807) is 13.8 Å². The summed E-state index contributed by atoms with van der Waals surface area (Å²) in [7, 11) is 0. The summed E-state index contributed by atoms with van der Waals surface area (Å²) in [6.45, 7) is 16.0. The van der Waals surface area contributed by atoms with Crippen LogP contribution in [0.3, 0.4) is 0 Å². The third kappa shape index (κ3) is 11.7. The van der Waals surface area contributed by atoms with Crippen LogP contribution in [0.5, 0.6) is 11.5 Å². The van der Waals surface area contributed by atoms with Gasteiger partial charge in [0.05, 0.1) is 65.1 Å². The largest absolute Gasteiger partial charge is 0.491 e. The Bertz CT molecular complexity index is 834. The van der Waals surface area contributed by atoms with Crippen molar-refractivity contribution in [3.8, 4) is 22.6 Å². The van der Waals surface area contributed by atoms with Crippen LogP contribution in [0, 0.1) is 27.7 Å². The Kier molecular flexibility index (Phi) is 14.7. The van der Waals surface area contributed by atoms with E-state index >= 15 is 0 Å². The molecule has 0 spiro atoms. The molecule has 0 saturated heterocycles. The number of benzene rings is 2. The fourth-order valence-corrected chi connectivity index (χ4v) is 4.04. The van der Waals surface area contributed by atoms with Crippen LogP contribution in [-0.4, -0.2) is 88.5 Å². The van der Waals surface area contributed by atoms with Gasteiger partial charge in [0.1, 0.15) is 24.7 Å². The van der Waals surface area contributed by atoms with Gasteiger partial charge in [0.25, 0.3) is 0 Å². The first-order valence-corrected chi connectivity index (χ1v) is 13.3. The molecular formula is C30H46O8. The summed E-state index contributed by atoms with van der Waals surface area (Å²) < 4.78 is 33.7. The Morgan fingerprint density at radius 1 is 0.500 bits per heavy atom. The molecule has 0 aliphatic rings. The maximum Gasteiger partial charge on any atom is 0.125 e. The Morgan fingerprint density at radius 3 is 1.11 bits per heavy atom. The summed E-state index contributed by atoms with van der Waals surface area (Å²) >= 11 is 0. The van der Waals surface area contributed by atoms with Crippen molar-refractivity contribution >= 4 is 0 Å². The smallest absolute Gasteiger partial charge is 0.125 e. The van der Waals surface area contributed by atoms with Gasteiger partial charge in [-0.3, -0.25) is 0 Å². The van der Waals surface area contributed by atoms with Gasteiger partial charge in [-0.05, 0) is 99.2 Å². The van der Waals surface area contributed by atoms with E-state index in [9.17, 15) is 10.2 Å². The Morgan fingerprint density at radius 2 is 0.789 bits per heavy atom. The standard InChI is InChI=1S/C30H46O8/c1-21-15-27(16-22(2)29(21)37-13-11-33-7-9-35-19-25(5)31)28-17-23(3)30(24(4)18-28)38-14-12-34-8-10-36-20-26(6)32/h15-18,25-26,31-32H,7-14,19-20H2,1-6H3. The molecule has 0 aromatic heterocycles. The Labute approximate surface area is 227 Å². The highest BCUT2D eigenvalue weighted by Gasteiger charge is 2.12. The molecule has 0 aliphatic carbocycles. The summed E-state index contributed by atoms with van der Waals surface area (Å²) in [5, 5.41) is 18.4. The number of rotatable bonds is 19. The quantitative estimate of drug-likeness (QED) is 0.259. The molecule has 2 N–H and O–H groups in total. The Hall–Kier alpha value is -2.20. The molecule has 214 valence electrons. The summed E-state index contributed by atoms with van der Waals surface area (Å²) in [4.78, 5) is 0. The number of aliphatic hydroxyl groups is 2. The maximum atomic E-state index is 9.18. The average Bonchev–Trinajstić information content (AvgIpc) is 2.84. The van der Waals surface area contributed by atoms with Gasteiger partial charge in [-0.25, -0.2) is 0 Å². The second-order valence-electron chi connectivity index (χ2n) is 9.65. The first-order valence-electron chi connectivity index (χ1n) is 13.3. The fraction of sp³-hybridized carbons (Fsp3) is 0.600. The highest BCUT2D eigenvalue weighted by Crippen LogP contribution is 2.34. The number of aryl methyl sites for hydroxylation is 4. The van der Waals surface area contributed by atoms with Crippen LogP contribution in [0.15, 0.2) is 24.3 Å². The van der Waals surface area contributed by atoms with Gasteiger partial charge >= 0.3 is 0 Å². The van der Waals surface area contributed by atoms with Crippen LogP contribution in [0.2, 0.25) is 0 Å². The van der Waals surface area contributed by atoms with Gasteiger partial charge in [-0.2, -0.15) is 0 Å². The van der Waals surface area contributed by atoms with Crippen LogP contribution in [0.4, 0.5) is 0 Å². The molecular weight excluding hydrogens is 488 g/mol. The predicted octanol–water partition coefficient (Wildman–Crippen LogP) is 4.17. The summed E-state index contributed by atoms with van der Waals surface area (Å²) in [6, 6.07) is 8.59. The minimum absolute atomic E-state index is 0.317. The fourth-order valence-electron chi connectivity index (χ4n) is 4.04. The van der Waals surface area contributed by atoms with Gasteiger partial charge in [0.2, 0.25) is 0 Å². The highest BCUT2D eigenvalue weighted by molar-refractivity contribution is 5.70. The van der Waals surface area contributed by atoms with Crippen LogP contribution in [0.1, 0.15) is 36.1 Å². The molecule has 8 nitrogen and oxygen atoms in total. The lowest BCUT2D eigenvalue weighted by Crippen LogP contribution is -2.15. The normalized spacial score (nSPS) is 12.9. The number of hydrogen-bond donors (Lipinski definition) is 2. The summed E-state index contributed by atoms with van der Waals surface area (Å²) in [5.41, 5.74) is 6.57. The van der Waals surface area contributed by atoms with E-state index in [4.69, 9.17) is 28.4 Å². The predicted molar refractivity (Wildman–Crippen MR) is 148 cm³/mol. The van der Waals surface area contributed by atoms with Gasteiger partial charge in [0.15, 0.2) is 0 Å². The molecule has 0 radical (unpaired) electrons. The first kappa shape index (κ1) is 32.0. The average molecular weight is 535 g/mol. The third-order valence-corrected chi connectivity index (χ3v) is 5.66. The Balaban J connectivity index is 1.84. The summed E-state index contributed by atoms with van der Waals surface area (Å²) in [5.74, 6) is 1.76. The van der Waals surface area contributed by atoms with Crippen molar-refractivity contribution < 1.29 is 38.6 Å². The van der Waals surface area contributed by atoms with Crippen molar-refractivity contribution in [3.63, 3.8) is 0 Å². The van der Waals surface area contributed by atoms with E-state index in [0.29, 0.717) is 66.1 Å². The lowest BCUT2D eigenvalue weighted by Gasteiger charge is -2.17. The van der Waals surface area contributed by atoms with Gasteiger partial charge in [-0.1, -0.05) is 0 Å². The van der Waals surface area contributed by atoms with Crippen molar-refractivity contribution in [2.24, 2.45) is 0 Å². The van der Waals surface area contributed by atoms with Crippen molar-refractivity contribution in [1.29, 1.82) is 0 Å². The topological polar surface area (TPSA) is 95.8 Å². The molecule has 8 heteroatoms. The van der Waals surface area contributed by atoms with Crippen molar-refractivity contribution in [1.82, 2.24) is 0 Å². The highest BCUT2D eigenvalue weighted by atomic mass is 16.6. The van der Waals surface area contributed by atoms with E-state index in [2.05, 4.69) is 52.0 Å². The molecule has 0 aliphatic heterocycles. The lowest BCUT2D eigenvalue weighted by molar-refractivity contribution is 0.00440. The zero-order valence-electron chi connectivity index (χ0n) is 23.9. The second kappa shape index (κ2) is 17.4. The van der Waals surface area contributed by atoms with Crippen molar-refractivity contribution in [2.75, 3.05) is 66.1 Å². The van der Waals surface area contributed by atoms with E-state index in [-0.39, 0.29) is 0 Å². The molecule has 0 bridgehead atoms. The van der Waals surface area contributed by atoms with Gasteiger partial charge < -0.3 is 38.6 Å². The molecule has 2 aromatic rings. The van der Waals surface area contributed by atoms with E-state index < -0.39 is 12.2 Å². The molecule has 0 amide bonds. The van der Waals surface area contributed by atoms with E-state index in [1.165, 1.54) is 0 Å². The van der Waals surface area contributed by atoms with Crippen LogP contribution in [0.25, 0.3) is 11.1 Å². The van der Waals surface area contributed by atoms with Crippen LogP contribution in [-0.2, 0) is 18.9 Å². The summed E-state index contributed by atoms with van der Waals surface area (Å²) in [6.07, 6.45) is -0.924. The molecule has 2 atom stereocenters. The number of hydrogen-bond acceptors (Lipinski definition) is 8. The van der Waals surface area contributed by atoms with Crippen LogP contribution >= 0.6 is 0 Å². The van der Waals surface area contributed by atoms with Crippen LogP contribution < -0.4 is 9.47 Å². The molecule has 38 heavy (non-hydrogen) atoms. The first-order chi connectivity index (χ1) is 18.2. The zero-order valence-corrected chi connectivity index (χ0v) is 23.9. The van der Waals surface area contributed by atoms with E-state index in [0.717, 1.165) is 44.9 Å². The minimum atomic E-state index is -0.462. The molecule has 2 rings (SSSR count). The zero-order chi connectivity index (χ0) is 27.9. The van der Waals surface area contributed by atoms with Crippen molar-refractivity contribution in [2.45, 2.75) is 53.8 Å². The maximum absolute atomic E-state index is 9.18. The molecule has 0 heterocycles. The van der Waals surface area contributed by atoms with Crippen molar-refractivity contribution in [3.05, 3.63) is 46.5 Å². The van der Waals surface area contributed by atoms with Gasteiger partial charge in [0, 0.05) is 0 Å². The molecule has 0 fully saturated rings. The molecule has 2 unspecified atom stereocenters. The van der Waals surface area contributed by atoms with E-state index in [1.807, 2.05) is 0 Å². The minimum Gasteiger partial charge on any atom is -0.491 e.